The van der Waals surface area contributed by atoms with E-state index >= 15 is 0 Å². The van der Waals surface area contributed by atoms with Crippen LogP contribution in [0.15, 0.2) is 28.7 Å². The summed E-state index contributed by atoms with van der Waals surface area (Å²) in [4.78, 5) is 12.1. The SMILES string of the molecule is CC(NC(=O)C1CCOC1C)c1ccc(Br)cc1. The molecule has 98 valence electrons. The molecule has 1 fully saturated rings. The molecule has 18 heavy (non-hydrogen) atoms. The summed E-state index contributed by atoms with van der Waals surface area (Å²) in [6.07, 6.45) is 0.849. The van der Waals surface area contributed by atoms with E-state index in [2.05, 4.69) is 21.2 Å². The third-order valence-corrected chi connectivity index (χ3v) is 3.97. The van der Waals surface area contributed by atoms with E-state index in [4.69, 9.17) is 4.74 Å². The maximum absolute atomic E-state index is 12.1. The van der Waals surface area contributed by atoms with Crippen molar-refractivity contribution in [1.29, 1.82) is 0 Å². The minimum Gasteiger partial charge on any atom is -0.378 e. The highest BCUT2D eigenvalue weighted by atomic mass is 79.9. The van der Waals surface area contributed by atoms with Crippen LogP contribution in [0, 0.1) is 5.92 Å². The van der Waals surface area contributed by atoms with Gasteiger partial charge < -0.3 is 10.1 Å². The first-order valence-electron chi connectivity index (χ1n) is 6.25. The van der Waals surface area contributed by atoms with Crippen molar-refractivity contribution < 1.29 is 9.53 Å². The Kier molecular flexibility index (Phi) is 4.40. The second kappa shape index (κ2) is 5.85. The van der Waals surface area contributed by atoms with Gasteiger partial charge in [0.05, 0.1) is 18.1 Å². The van der Waals surface area contributed by atoms with Crippen molar-refractivity contribution in [2.75, 3.05) is 6.61 Å². The van der Waals surface area contributed by atoms with Gasteiger partial charge in [-0.1, -0.05) is 28.1 Å². The Bertz CT molecular complexity index is 418. The van der Waals surface area contributed by atoms with E-state index in [-0.39, 0.29) is 24.0 Å². The summed E-state index contributed by atoms with van der Waals surface area (Å²) in [5, 5.41) is 3.05. The maximum Gasteiger partial charge on any atom is 0.226 e. The lowest BCUT2D eigenvalue weighted by Gasteiger charge is -2.19. The van der Waals surface area contributed by atoms with Gasteiger partial charge in [-0.05, 0) is 38.0 Å². The van der Waals surface area contributed by atoms with E-state index in [0.29, 0.717) is 6.61 Å². The van der Waals surface area contributed by atoms with Gasteiger partial charge in [0.1, 0.15) is 0 Å². The van der Waals surface area contributed by atoms with Crippen LogP contribution in [0.4, 0.5) is 0 Å². The summed E-state index contributed by atoms with van der Waals surface area (Å²) in [5.41, 5.74) is 1.11. The maximum atomic E-state index is 12.1. The predicted octanol–water partition coefficient (Wildman–Crippen LogP) is 3.05. The molecule has 0 bridgehead atoms. The number of amides is 1. The highest BCUT2D eigenvalue weighted by molar-refractivity contribution is 9.10. The Hall–Kier alpha value is -0.870. The summed E-state index contributed by atoms with van der Waals surface area (Å²) in [5.74, 6) is 0.0818. The normalized spacial score (nSPS) is 24.8. The molecule has 1 aliphatic heterocycles. The molecule has 0 saturated carbocycles. The number of benzene rings is 1. The summed E-state index contributed by atoms with van der Waals surface area (Å²) in [6, 6.07) is 8.03. The molecule has 0 spiro atoms. The number of halogens is 1. The monoisotopic (exact) mass is 311 g/mol. The second-order valence-electron chi connectivity index (χ2n) is 4.75. The van der Waals surface area contributed by atoms with Crippen LogP contribution >= 0.6 is 15.9 Å². The molecule has 2 rings (SSSR count). The lowest BCUT2D eigenvalue weighted by Crippen LogP contribution is -2.35. The van der Waals surface area contributed by atoms with E-state index in [1.807, 2.05) is 38.1 Å². The Morgan fingerprint density at radius 2 is 2.11 bits per heavy atom. The Morgan fingerprint density at radius 1 is 1.44 bits per heavy atom. The second-order valence-corrected chi connectivity index (χ2v) is 5.67. The van der Waals surface area contributed by atoms with Crippen LogP contribution < -0.4 is 5.32 Å². The van der Waals surface area contributed by atoms with Gasteiger partial charge in [-0.2, -0.15) is 0 Å². The highest BCUT2D eigenvalue weighted by Gasteiger charge is 2.31. The quantitative estimate of drug-likeness (QED) is 0.931. The molecule has 3 atom stereocenters. The average Bonchev–Trinajstić information content (AvgIpc) is 2.76. The van der Waals surface area contributed by atoms with Crippen LogP contribution in [-0.2, 0) is 9.53 Å². The zero-order valence-electron chi connectivity index (χ0n) is 10.7. The molecule has 0 radical (unpaired) electrons. The fraction of sp³-hybridized carbons (Fsp3) is 0.500. The van der Waals surface area contributed by atoms with Crippen molar-refractivity contribution in [3.8, 4) is 0 Å². The Labute approximate surface area is 116 Å². The van der Waals surface area contributed by atoms with Crippen LogP contribution in [-0.4, -0.2) is 18.6 Å². The molecule has 1 heterocycles. The Balaban J connectivity index is 1.96. The molecular weight excluding hydrogens is 294 g/mol. The van der Waals surface area contributed by atoms with Crippen molar-refractivity contribution in [3.05, 3.63) is 34.3 Å². The van der Waals surface area contributed by atoms with E-state index in [1.54, 1.807) is 0 Å². The van der Waals surface area contributed by atoms with Crippen LogP contribution in [0.25, 0.3) is 0 Å². The lowest BCUT2D eigenvalue weighted by molar-refractivity contribution is -0.127. The van der Waals surface area contributed by atoms with Crippen LogP contribution in [0.3, 0.4) is 0 Å². The van der Waals surface area contributed by atoms with Crippen molar-refractivity contribution in [2.24, 2.45) is 5.92 Å². The fourth-order valence-electron chi connectivity index (χ4n) is 2.23. The molecule has 4 heteroatoms. The average molecular weight is 312 g/mol. The number of nitrogens with one attached hydrogen (secondary N) is 1. The molecule has 1 N–H and O–H groups in total. The molecule has 1 aromatic rings. The Morgan fingerprint density at radius 3 is 2.67 bits per heavy atom. The van der Waals surface area contributed by atoms with Gasteiger partial charge >= 0.3 is 0 Å². The van der Waals surface area contributed by atoms with Gasteiger partial charge in [0.2, 0.25) is 5.91 Å². The van der Waals surface area contributed by atoms with Crippen molar-refractivity contribution in [1.82, 2.24) is 5.32 Å². The van der Waals surface area contributed by atoms with E-state index in [1.165, 1.54) is 0 Å². The first kappa shape index (κ1) is 13.6. The molecule has 1 amide bonds. The summed E-state index contributed by atoms with van der Waals surface area (Å²) in [6.45, 7) is 4.65. The van der Waals surface area contributed by atoms with E-state index < -0.39 is 0 Å². The van der Waals surface area contributed by atoms with Gasteiger partial charge in [-0.15, -0.1) is 0 Å². The molecule has 3 nitrogen and oxygen atoms in total. The summed E-state index contributed by atoms with van der Waals surface area (Å²) in [7, 11) is 0. The minimum absolute atomic E-state index is 0.0112. The third-order valence-electron chi connectivity index (χ3n) is 3.44. The van der Waals surface area contributed by atoms with Crippen molar-refractivity contribution in [3.63, 3.8) is 0 Å². The molecule has 0 aliphatic carbocycles. The van der Waals surface area contributed by atoms with E-state index in [9.17, 15) is 4.79 Å². The first-order valence-corrected chi connectivity index (χ1v) is 7.04. The van der Waals surface area contributed by atoms with Crippen molar-refractivity contribution in [2.45, 2.75) is 32.4 Å². The molecule has 3 unspecified atom stereocenters. The number of ether oxygens (including phenoxy) is 1. The van der Waals surface area contributed by atoms with Gasteiger partial charge in [0.15, 0.2) is 0 Å². The first-order chi connectivity index (χ1) is 8.58. The van der Waals surface area contributed by atoms with Gasteiger partial charge in [-0.25, -0.2) is 0 Å². The molecule has 1 saturated heterocycles. The molecule has 1 aromatic carbocycles. The summed E-state index contributed by atoms with van der Waals surface area (Å²) >= 11 is 3.40. The van der Waals surface area contributed by atoms with Crippen molar-refractivity contribution >= 4 is 21.8 Å². The lowest BCUT2D eigenvalue weighted by atomic mass is 10.0. The standard InChI is InChI=1S/C14H18BrNO2/c1-9(11-3-5-12(15)6-4-11)16-14(17)13-7-8-18-10(13)2/h3-6,9-10,13H,7-8H2,1-2H3,(H,16,17). The minimum atomic E-state index is -0.0112. The topological polar surface area (TPSA) is 38.3 Å². The largest absolute Gasteiger partial charge is 0.378 e. The smallest absolute Gasteiger partial charge is 0.226 e. The van der Waals surface area contributed by atoms with Gasteiger partial charge in [0, 0.05) is 11.1 Å². The third kappa shape index (κ3) is 3.12. The molecule has 0 aromatic heterocycles. The van der Waals surface area contributed by atoms with Crippen LogP contribution in [0.1, 0.15) is 31.9 Å². The number of carbonyl (C=O) groups is 1. The fourth-order valence-corrected chi connectivity index (χ4v) is 2.50. The zero-order valence-corrected chi connectivity index (χ0v) is 12.2. The van der Waals surface area contributed by atoms with Crippen LogP contribution in [0.2, 0.25) is 0 Å². The highest BCUT2D eigenvalue weighted by Crippen LogP contribution is 2.22. The van der Waals surface area contributed by atoms with Gasteiger partial charge in [0.25, 0.3) is 0 Å². The van der Waals surface area contributed by atoms with Crippen LogP contribution in [0.5, 0.6) is 0 Å². The number of hydrogen-bond acceptors (Lipinski definition) is 2. The number of rotatable bonds is 3. The number of hydrogen-bond donors (Lipinski definition) is 1. The van der Waals surface area contributed by atoms with E-state index in [0.717, 1.165) is 16.5 Å². The molecule has 1 aliphatic rings. The zero-order chi connectivity index (χ0) is 13.1. The summed E-state index contributed by atoms with van der Waals surface area (Å²) < 4.78 is 6.47. The number of carbonyl (C=O) groups excluding carboxylic acids is 1. The van der Waals surface area contributed by atoms with Gasteiger partial charge in [-0.3, -0.25) is 4.79 Å². The predicted molar refractivity (Wildman–Crippen MR) is 74.2 cm³/mol. The molecular formula is C14H18BrNO2.